The van der Waals surface area contributed by atoms with E-state index in [-0.39, 0.29) is 0 Å². The van der Waals surface area contributed by atoms with Gasteiger partial charge in [-0.15, -0.1) is 0 Å². The van der Waals surface area contributed by atoms with Crippen molar-refractivity contribution in [2.45, 2.75) is 72.1 Å². The molecule has 155 valence electrons. The highest BCUT2D eigenvalue weighted by molar-refractivity contribution is 6.43. The van der Waals surface area contributed by atoms with Crippen molar-refractivity contribution < 1.29 is 4.65 Å². The fourth-order valence-corrected chi connectivity index (χ4v) is 2.99. The molecule has 0 spiro atoms. The zero-order valence-corrected chi connectivity index (χ0v) is 18.6. The van der Waals surface area contributed by atoms with E-state index in [0.717, 1.165) is 42.9 Å². The van der Waals surface area contributed by atoms with E-state index in [1.54, 1.807) is 7.48 Å². The Kier molecular flexibility index (Phi) is 7.54. The Balaban J connectivity index is 2.24. The van der Waals surface area contributed by atoms with Gasteiger partial charge < -0.3 is 25.9 Å². The number of rotatable bonds is 7. The molecule has 0 amide bonds. The van der Waals surface area contributed by atoms with Crippen LogP contribution in [0.15, 0.2) is 40.2 Å². The minimum Gasteiger partial charge on any atom is -0.428 e. The van der Waals surface area contributed by atoms with E-state index in [4.69, 9.17) is 10.4 Å². The van der Waals surface area contributed by atoms with Gasteiger partial charge in [-0.3, -0.25) is 0 Å². The first-order valence-corrected chi connectivity index (χ1v) is 10.3. The summed E-state index contributed by atoms with van der Waals surface area (Å²) in [6.07, 6.45) is 6.88. The molecular formula is C21H37BN5O. The van der Waals surface area contributed by atoms with E-state index < -0.39 is 11.1 Å². The largest absolute Gasteiger partial charge is 0.428 e. The molecule has 0 aromatic rings. The molecule has 0 aromatic heterocycles. The van der Waals surface area contributed by atoms with Gasteiger partial charge >= 0.3 is 7.48 Å². The number of nitrogens with two attached hydrogens (primary N) is 1. The normalized spacial score (nSPS) is 23.0. The van der Waals surface area contributed by atoms with Crippen LogP contribution < -0.4 is 16.4 Å². The monoisotopic (exact) mass is 386 g/mol. The number of hydrogen-bond acceptors (Lipinski definition) is 6. The lowest BCUT2D eigenvalue weighted by atomic mass is 9.78. The van der Waals surface area contributed by atoms with Crippen LogP contribution in [0.4, 0.5) is 0 Å². The molecule has 1 fully saturated rings. The molecule has 1 radical (unpaired) electrons. The minimum atomic E-state index is -0.505. The van der Waals surface area contributed by atoms with E-state index in [2.05, 4.69) is 47.4 Å². The Morgan fingerprint density at radius 3 is 2.79 bits per heavy atom. The molecule has 0 bridgehead atoms. The van der Waals surface area contributed by atoms with Crippen LogP contribution in [0.25, 0.3) is 0 Å². The lowest BCUT2D eigenvalue weighted by Crippen LogP contribution is -2.54. The summed E-state index contributed by atoms with van der Waals surface area (Å²) in [6.45, 7) is 17.4. The predicted octanol–water partition coefficient (Wildman–Crippen LogP) is 2.47. The summed E-state index contributed by atoms with van der Waals surface area (Å²) in [5.74, 6) is 0.855. The zero-order chi connectivity index (χ0) is 20.9. The van der Waals surface area contributed by atoms with E-state index >= 15 is 0 Å². The van der Waals surface area contributed by atoms with E-state index in [9.17, 15) is 0 Å². The van der Waals surface area contributed by atoms with Gasteiger partial charge in [0.1, 0.15) is 5.84 Å². The van der Waals surface area contributed by atoms with Crippen LogP contribution in [-0.2, 0) is 4.65 Å². The molecule has 2 rings (SSSR count). The van der Waals surface area contributed by atoms with Crippen molar-refractivity contribution in [1.82, 2.24) is 15.5 Å². The van der Waals surface area contributed by atoms with Gasteiger partial charge in [0, 0.05) is 48.7 Å². The Labute approximate surface area is 171 Å². The van der Waals surface area contributed by atoms with Gasteiger partial charge in [0.25, 0.3) is 0 Å². The lowest BCUT2D eigenvalue weighted by molar-refractivity contribution is 0.0455. The van der Waals surface area contributed by atoms with E-state index in [0.29, 0.717) is 6.04 Å². The molecule has 1 atom stereocenters. The van der Waals surface area contributed by atoms with Crippen molar-refractivity contribution in [2.24, 2.45) is 10.7 Å². The van der Waals surface area contributed by atoms with Crippen LogP contribution in [-0.4, -0.2) is 55.0 Å². The lowest BCUT2D eigenvalue weighted by Gasteiger charge is -2.39. The first kappa shape index (κ1) is 22.7. The summed E-state index contributed by atoms with van der Waals surface area (Å²) in [5.41, 5.74) is 8.57. The average Bonchev–Trinajstić information content (AvgIpc) is 3.01. The second-order valence-electron chi connectivity index (χ2n) is 8.75. The molecule has 6 nitrogen and oxygen atoms in total. The maximum atomic E-state index is 6.29. The van der Waals surface area contributed by atoms with Crippen molar-refractivity contribution in [3.05, 3.63) is 35.2 Å². The standard InChI is InChI=1S/C21H37BN5O/c1-8-9-10-25-19-18(16(3)27-12-11-24-15(2)14-27)17(13-26-19)22-28-21(6,7)20(4,5)23/h9-10,13,15,24H,8,11-12,14,23H2,1-7H3,(H,25,26)/b10-9+,18-16+. The number of piperazine rings is 1. The molecule has 0 aromatic carbocycles. The zero-order valence-electron chi connectivity index (χ0n) is 18.6. The highest BCUT2D eigenvalue weighted by Gasteiger charge is 2.35. The molecule has 0 saturated carbocycles. The number of allylic oxidation sites excluding steroid dienone is 2. The number of nitrogens with one attached hydrogen (secondary N) is 2. The smallest absolute Gasteiger partial charge is 0.333 e. The van der Waals surface area contributed by atoms with Crippen molar-refractivity contribution in [1.29, 1.82) is 0 Å². The predicted molar refractivity (Wildman–Crippen MR) is 119 cm³/mol. The summed E-state index contributed by atoms with van der Waals surface area (Å²) in [6, 6.07) is 0.462. The number of nitrogens with zero attached hydrogens (tertiary/aromatic N) is 2. The molecule has 0 aliphatic carbocycles. The molecular weight excluding hydrogens is 349 g/mol. The molecule has 4 N–H and O–H groups in total. The van der Waals surface area contributed by atoms with Crippen molar-refractivity contribution in [3.8, 4) is 0 Å². The average molecular weight is 386 g/mol. The van der Waals surface area contributed by atoms with Gasteiger partial charge in [-0.05, 0) is 59.6 Å². The highest BCUT2D eigenvalue weighted by atomic mass is 16.5. The number of amidine groups is 1. The van der Waals surface area contributed by atoms with Crippen LogP contribution in [0.2, 0.25) is 0 Å². The van der Waals surface area contributed by atoms with Gasteiger partial charge in [-0.25, -0.2) is 4.99 Å². The number of aliphatic imine (C=N–C) groups is 1. The Morgan fingerprint density at radius 2 is 2.18 bits per heavy atom. The summed E-state index contributed by atoms with van der Waals surface area (Å²) in [5, 5.41) is 6.84. The first-order valence-electron chi connectivity index (χ1n) is 10.3. The molecule has 1 saturated heterocycles. The van der Waals surface area contributed by atoms with Crippen LogP contribution >= 0.6 is 0 Å². The van der Waals surface area contributed by atoms with Crippen LogP contribution in [0.1, 0.15) is 54.9 Å². The molecule has 2 aliphatic heterocycles. The topological polar surface area (TPSA) is 74.9 Å². The van der Waals surface area contributed by atoms with Crippen molar-refractivity contribution in [3.63, 3.8) is 0 Å². The molecule has 2 aliphatic rings. The SMILES string of the molecule is CC/C=C/NC1=NC=C([B]OC(C)(C)C(C)(C)N)/C1=C(/C)N1CCNC(C)C1. The summed E-state index contributed by atoms with van der Waals surface area (Å²) < 4.78 is 6.14. The van der Waals surface area contributed by atoms with Gasteiger partial charge in [-0.1, -0.05) is 13.0 Å². The highest BCUT2D eigenvalue weighted by Crippen LogP contribution is 2.28. The molecule has 2 heterocycles. The van der Waals surface area contributed by atoms with E-state index in [1.807, 2.05) is 40.1 Å². The third-order valence-electron chi connectivity index (χ3n) is 5.67. The van der Waals surface area contributed by atoms with E-state index in [1.165, 1.54) is 5.70 Å². The Bertz CT molecular complexity index is 673. The van der Waals surface area contributed by atoms with Gasteiger partial charge in [0.15, 0.2) is 0 Å². The van der Waals surface area contributed by atoms with Crippen molar-refractivity contribution >= 4 is 13.3 Å². The Hall–Kier alpha value is -1.57. The molecule has 7 heteroatoms. The summed E-state index contributed by atoms with van der Waals surface area (Å²) in [7, 11) is 1.81. The Morgan fingerprint density at radius 1 is 1.46 bits per heavy atom. The van der Waals surface area contributed by atoms with Gasteiger partial charge in [0.05, 0.1) is 5.60 Å². The second-order valence-corrected chi connectivity index (χ2v) is 8.75. The molecule has 28 heavy (non-hydrogen) atoms. The maximum absolute atomic E-state index is 6.29. The quantitative estimate of drug-likeness (QED) is 0.586. The van der Waals surface area contributed by atoms with Crippen molar-refractivity contribution in [2.75, 3.05) is 19.6 Å². The van der Waals surface area contributed by atoms with Gasteiger partial charge in [-0.2, -0.15) is 0 Å². The second kappa shape index (κ2) is 9.29. The fraction of sp³-hybridized carbons (Fsp3) is 0.667. The molecule has 1 unspecified atom stereocenters. The van der Waals surface area contributed by atoms with Crippen LogP contribution in [0.5, 0.6) is 0 Å². The fourth-order valence-electron chi connectivity index (χ4n) is 2.99. The maximum Gasteiger partial charge on any atom is 0.333 e. The third-order valence-corrected chi connectivity index (χ3v) is 5.67. The first-order chi connectivity index (χ1) is 13.1. The summed E-state index contributed by atoms with van der Waals surface area (Å²) in [4.78, 5) is 7.04. The summed E-state index contributed by atoms with van der Waals surface area (Å²) >= 11 is 0. The van der Waals surface area contributed by atoms with Gasteiger partial charge in [0.2, 0.25) is 0 Å². The minimum absolute atomic E-state index is 0.462. The van der Waals surface area contributed by atoms with Crippen LogP contribution in [0, 0.1) is 0 Å². The third kappa shape index (κ3) is 5.49. The van der Waals surface area contributed by atoms with Crippen LogP contribution in [0.3, 0.4) is 0 Å². The number of hydrogen-bond donors (Lipinski definition) is 3.